The largest absolute Gasteiger partial charge is 0.496 e. The van der Waals surface area contributed by atoms with Gasteiger partial charge >= 0.3 is 0 Å². The minimum Gasteiger partial charge on any atom is -0.496 e. The van der Waals surface area contributed by atoms with Gasteiger partial charge in [-0.25, -0.2) is 9.37 Å². The van der Waals surface area contributed by atoms with Gasteiger partial charge in [0.1, 0.15) is 17.4 Å². The summed E-state index contributed by atoms with van der Waals surface area (Å²) in [6.45, 7) is 1.79. The molecule has 0 amide bonds. The van der Waals surface area contributed by atoms with E-state index < -0.39 is 5.82 Å². The summed E-state index contributed by atoms with van der Waals surface area (Å²) in [6.07, 6.45) is 0. The molecule has 0 spiro atoms. The van der Waals surface area contributed by atoms with Crippen LogP contribution in [0.15, 0.2) is 22.5 Å². The molecule has 2 rings (SSSR count). The molecule has 1 heterocycles. The lowest BCUT2D eigenvalue weighted by atomic mass is 10.1. The number of nitrogens with zero attached hydrogens (tertiary/aromatic N) is 2. The fourth-order valence-electron chi connectivity index (χ4n) is 1.44. The lowest BCUT2D eigenvalue weighted by molar-refractivity contribution is 0.101. The van der Waals surface area contributed by atoms with Crippen molar-refractivity contribution in [2.45, 2.75) is 11.3 Å². The van der Waals surface area contributed by atoms with E-state index >= 15 is 0 Å². The summed E-state index contributed by atoms with van der Waals surface area (Å²) in [5, 5.41) is 0. The Morgan fingerprint density at radius 2 is 2.32 bits per heavy atom. The number of carbonyl (C=O) groups is 1. The third kappa shape index (κ3) is 3.51. The maximum Gasteiger partial charge on any atom is 0.176 e. The van der Waals surface area contributed by atoms with E-state index in [2.05, 4.69) is 9.36 Å². The van der Waals surface area contributed by atoms with Crippen molar-refractivity contribution in [3.63, 3.8) is 0 Å². The number of rotatable bonds is 5. The highest BCUT2D eigenvalue weighted by atomic mass is 32.2. The molecule has 0 unspecified atom stereocenters. The smallest absolute Gasteiger partial charge is 0.176 e. The molecule has 0 saturated carbocycles. The van der Waals surface area contributed by atoms with Crippen molar-refractivity contribution in [2.24, 2.45) is 0 Å². The molecule has 0 aliphatic rings. The molecule has 2 aromatic rings. The van der Waals surface area contributed by atoms with Crippen LogP contribution in [0.5, 0.6) is 5.75 Å². The highest BCUT2D eigenvalue weighted by Crippen LogP contribution is 2.25. The predicted octanol–water partition coefficient (Wildman–Crippen LogP) is 2.97. The van der Waals surface area contributed by atoms with E-state index in [1.165, 1.54) is 48.6 Å². The van der Waals surface area contributed by atoms with Crippen molar-refractivity contribution in [2.75, 3.05) is 12.9 Å². The van der Waals surface area contributed by atoms with Crippen molar-refractivity contribution in [3.8, 4) is 5.75 Å². The van der Waals surface area contributed by atoms with Gasteiger partial charge in [-0.2, -0.15) is 4.37 Å². The summed E-state index contributed by atoms with van der Waals surface area (Å²) in [4.78, 5) is 16.2. The van der Waals surface area contributed by atoms with Crippen molar-refractivity contribution in [3.05, 3.63) is 35.4 Å². The average molecular weight is 298 g/mol. The molecule has 0 aliphatic carbocycles. The molecule has 19 heavy (non-hydrogen) atoms. The first-order valence-electron chi connectivity index (χ1n) is 5.40. The van der Waals surface area contributed by atoms with Crippen LogP contribution in [0.4, 0.5) is 4.39 Å². The number of Topliss-reactive ketones (excluding diaryl/α,β-unsaturated/α-hetero) is 1. The summed E-state index contributed by atoms with van der Waals surface area (Å²) in [5.41, 5.74) is 0.247. The second kappa shape index (κ2) is 6.12. The zero-order chi connectivity index (χ0) is 13.8. The number of hydrogen-bond acceptors (Lipinski definition) is 6. The number of ether oxygens (including phenoxy) is 1. The van der Waals surface area contributed by atoms with Crippen molar-refractivity contribution >= 4 is 29.1 Å². The van der Waals surface area contributed by atoms with Crippen LogP contribution in [0.2, 0.25) is 0 Å². The molecule has 0 fully saturated rings. The summed E-state index contributed by atoms with van der Waals surface area (Å²) < 4.78 is 23.0. The van der Waals surface area contributed by atoms with Gasteiger partial charge in [-0.3, -0.25) is 4.79 Å². The van der Waals surface area contributed by atoms with Crippen LogP contribution in [-0.4, -0.2) is 28.0 Å². The standard InChI is InChI=1S/C12H11FN2O2S2/c1-7-14-12(19-15-7)18-6-10(16)9-5-8(13)3-4-11(9)17-2/h3-5H,6H2,1-2H3. The Hall–Kier alpha value is -1.47. The van der Waals surface area contributed by atoms with E-state index in [4.69, 9.17) is 4.74 Å². The number of aromatic nitrogens is 2. The van der Waals surface area contributed by atoms with Crippen LogP contribution in [-0.2, 0) is 0 Å². The lowest BCUT2D eigenvalue weighted by Crippen LogP contribution is -2.05. The van der Waals surface area contributed by atoms with Gasteiger partial charge in [0.15, 0.2) is 10.1 Å². The number of thioether (sulfide) groups is 1. The normalized spacial score (nSPS) is 10.5. The minimum atomic E-state index is -0.457. The fraction of sp³-hybridized carbons (Fsp3) is 0.250. The highest BCUT2D eigenvalue weighted by Gasteiger charge is 2.14. The third-order valence-corrected chi connectivity index (χ3v) is 4.22. The van der Waals surface area contributed by atoms with Crippen LogP contribution >= 0.6 is 23.3 Å². The minimum absolute atomic E-state index is 0.175. The predicted molar refractivity (Wildman–Crippen MR) is 72.7 cm³/mol. The quantitative estimate of drug-likeness (QED) is 0.627. The first kappa shape index (κ1) is 14.0. The molecule has 4 nitrogen and oxygen atoms in total. The highest BCUT2D eigenvalue weighted by molar-refractivity contribution is 8.01. The second-order valence-electron chi connectivity index (χ2n) is 3.66. The first-order valence-corrected chi connectivity index (χ1v) is 7.16. The molecule has 1 aromatic heterocycles. The van der Waals surface area contributed by atoms with Crippen molar-refractivity contribution < 1.29 is 13.9 Å². The van der Waals surface area contributed by atoms with Crippen molar-refractivity contribution in [1.82, 2.24) is 9.36 Å². The monoisotopic (exact) mass is 298 g/mol. The van der Waals surface area contributed by atoms with E-state index in [9.17, 15) is 9.18 Å². The molecule has 0 bridgehead atoms. The molecule has 0 saturated heterocycles. The van der Waals surface area contributed by atoms with Gasteiger partial charge in [0, 0.05) is 0 Å². The van der Waals surface area contributed by atoms with Gasteiger partial charge in [0.25, 0.3) is 0 Å². The van der Waals surface area contributed by atoms with E-state index in [-0.39, 0.29) is 17.1 Å². The number of ketones is 1. The SMILES string of the molecule is COc1ccc(F)cc1C(=O)CSc1nc(C)ns1. The first-order chi connectivity index (χ1) is 9.10. The van der Waals surface area contributed by atoms with Gasteiger partial charge in [0.05, 0.1) is 18.4 Å². The zero-order valence-corrected chi connectivity index (χ0v) is 12.0. The fourth-order valence-corrected chi connectivity index (χ4v) is 2.97. The summed E-state index contributed by atoms with van der Waals surface area (Å²) in [5.74, 6) is 0.577. The van der Waals surface area contributed by atoms with Crippen molar-refractivity contribution in [1.29, 1.82) is 0 Å². The lowest BCUT2D eigenvalue weighted by Gasteiger charge is -2.06. The molecule has 7 heteroatoms. The van der Waals surface area contributed by atoms with E-state index in [1.54, 1.807) is 6.92 Å². The van der Waals surface area contributed by atoms with Crippen LogP contribution < -0.4 is 4.74 Å². The Morgan fingerprint density at radius 1 is 1.53 bits per heavy atom. The van der Waals surface area contributed by atoms with Crippen LogP contribution in [0.25, 0.3) is 0 Å². The second-order valence-corrected chi connectivity index (χ2v) is 5.64. The molecule has 1 aromatic carbocycles. The molecule has 0 radical (unpaired) electrons. The van der Waals surface area contributed by atoms with Crippen LogP contribution in [0.3, 0.4) is 0 Å². The molecular formula is C12H11FN2O2S2. The van der Waals surface area contributed by atoms with Gasteiger partial charge in [0.2, 0.25) is 0 Å². The molecule has 0 atom stereocenters. The number of hydrogen-bond donors (Lipinski definition) is 0. The van der Waals surface area contributed by atoms with Gasteiger partial charge in [-0.1, -0.05) is 11.8 Å². The summed E-state index contributed by atoms with van der Waals surface area (Å²) in [7, 11) is 1.45. The Kier molecular flexibility index (Phi) is 4.49. The number of halogens is 1. The van der Waals surface area contributed by atoms with Crippen LogP contribution in [0, 0.1) is 12.7 Å². The maximum absolute atomic E-state index is 13.2. The number of benzene rings is 1. The number of aryl methyl sites for hydroxylation is 1. The summed E-state index contributed by atoms with van der Waals surface area (Å²) in [6, 6.07) is 3.90. The Labute approximate surface area is 118 Å². The molecular weight excluding hydrogens is 287 g/mol. The molecule has 0 aliphatic heterocycles. The third-order valence-electron chi connectivity index (χ3n) is 2.30. The topological polar surface area (TPSA) is 52.1 Å². The number of methoxy groups -OCH3 is 1. The number of carbonyl (C=O) groups excluding carboxylic acids is 1. The van der Waals surface area contributed by atoms with Gasteiger partial charge in [-0.05, 0) is 36.7 Å². The molecule has 100 valence electrons. The average Bonchev–Trinajstić information content (AvgIpc) is 2.81. The Bertz CT molecular complexity index is 601. The van der Waals surface area contributed by atoms with E-state index in [0.717, 1.165) is 4.34 Å². The Balaban J connectivity index is 2.09. The van der Waals surface area contributed by atoms with Gasteiger partial charge in [-0.15, -0.1) is 0 Å². The Morgan fingerprint density at radius 3 is 2.95 bits per heavy atom. The molecule has 0 N–H and O–H groups in total. The van der Waals surface area contributed by atoms with E-state index in [1.807, 2.05) is 0 Å². The van der Waals surface area contributed by atoms with Gasteiger partial charge < -0.3 is 4.74 Å². The summed E-state index contributed by atoms with van der Waals surface area (Å²) >= 11 is 2.53. The van der Waals surface area contributed by atoms with Crippen LogP contribution in [0.1, 0.15) is 16.2 Å². The maximum atomic E-state index is 13.2. The van der Waals surface area contributed by atoms with E-state index in [0.29, 0.717) is 11.6 Å². The zero-order valence-electron chi connectivity index (χ0n) is 10.3.